The zero-order valence-electron chi connectivity index (χ0n) is 85.2. The number of phenols is 2. The Morgan fingerprint density at radius 2 is 0.908 bits per heavy atom. The third-order valence-electron chi connectivity index (χ3n) is 24.8. The summed E-state index contributed by atoms with van der Waals surface area (Å²) in [6.45, 7) is 43.9. The van der Waals surface area contributed by atoms with Gasteiger partial charge >= 0.3 is 11.9 Å². The molecule has 0 saturated heterocycles. The van der Waals surface area contributed by atoms with Crippen LogP contribution >= 0.6 is 0 Å². The van der Waals surface area contributed by atoms with Crippen LogP contribution in [-0.4, -0.2) is 115 Å². The number of hydrogen-bond acceptors (Lipinski definition) is 16. The molecule has 14 rings (SSSR count). The molecule has 19 nitrogen and oxygen atoms in total. The Morgan fingerprint density at radius 1 is 0.504 bits per heavy atom. The van der Waals surface area contributed by atoms with Crippen LogP contribution in [0.3, 0.4) is 0 Å². The number of allylic oxidation sites excluding steroid dienone is 1. The molecule has 748 valence electrons. The minimum absolute atomic E-state index is 0.0104. The SMILES string of the molecule is C/C(=C/c1cccc(OCc2ccccc2)c1C)[N+](=O)[O-].CC(=O)Cc1cccc(OCc2ccccc2)c1C.CC(C)CN1C(C)Cc2c(ccc3[nH]ncc23)C1c1c(F)cc(/C=C/C(=O)O)cc1F.COC(=O)/C=C/c1cc(F)c(C2c3ccc(O)c(C)c3CC(C)N2CC(C)C)c(F)c1.Cc1c(CC(C)NCC(C)C)cccc1OCc1ccccc1.Cc1c(O)cccc1CC(C)NCC(C)C. The van der Waals surface area contributed by atoms with Gasteiger partial charge in [-0.15, -0.1) is 0 Å². The topological polar surface area (TPSA) is 251 Å². The third-order valence-corrected chi connectivity index (χ3v) is 24.8. The molecule has 0 radical (unpaired) electrons. The molecule has 0 aliphatic carbocycles. The largest absolute Gasteiger partial charge is 0.508 e. The molecule has 0 fully saturated rings. The number of phenolic OH excluding ortho intramolecular Hbond substituents is 2. The Morgan fingerprint density at radius 3 is 1.35 bits per heavy atom. The van der Waals surface area contributed by atoms with Gasteiger partial charge in [-0.3, -0.25) is 29.8 Å². The number of carbonyl (C=O) groups is 3. The maximum Gasteiger partial charge on any atom is 0.330 e. The van der Waals surface area contributed by atoms with Gasteiger partial charge in [-0.2, -0.15) is 5.10 Å². The number of fused-ring (bicyclic) bond motifs is 4. The van der Waals surface area contributed by atoms with Gasteiger partial charge in [-0.05, 0) is 305 Å². The second kappa shape index (κ2) is 54.5. The Labute approximate surface area is 830 Å². The van der Waals surface area contributed by atoms with E-state index in [1.165, 1.54) is 72.7 Å². The van der Waals surface area contributed by atoms with Crippen molar-refractivity contribution in [3.05, 3.63) is 381 Å². The highest BCUT2D eigenvalue weighted by molar-refractivity contribution is 5.87. The van der Waals surface area contributed by atoms with Gasteiger partial charge in [0, 0.05) is 85.3 Å². The number of carbonyl (C=O) groups excluding carboxylic acids is 2. The standard InChI is InChI=1S/C25H29F2NO3.C24H25F2N3O2.C21H29NO.C17H17NO3.C17H18O2.C14H23NO/c1-14(2)13-28-15(3)10-19-16(4)22(29)8-7-18(19)25(28)24-20(26)11-17(12-21(24)27)6-9-23(30)31-5;1-13(2)12-29-14(3)8-17-16(5-6-21-18(17)11-27-28-21)24(29)23-19(25)9-15(10-20(23)26)4-7-22(30)31;1-16(2)14-22-17(3)13-20-11-8-12-21(18(20)4)23-15-19-9-6-5-7-10-19;1-13(18(19)20)11-16-9-6-10-17(14(16)2)21-12-15-7-4-3-5-8-15;1-13(18)11-16-9-6-10-17(14(16)2)19-12-15-7-4-3-5-8-15;1-10(2)9-15-11(3)8-13-6-5-7-14(16)12(13)4/h6-9,11-12,14-15,25,29H,10,13H2,1-5H3;4-7,9-11,13-14,24H,8,12H2,1-3H3,(H,27,28)(H,30,31);5-12,16-17,22H,13-15H2,1-4H3;3-11H,12H2,1-2H3;3-10H,11-12H2,1-2H3;5-7,10-11,15-16H,8-9H2,1-4H3/b9-6+;7-4+;;13-11-;;. The number of aliphatic carboxylic acids is 1. The predicted octanol–water partition coefficient (Wildman–Crippen LogP) is 25.6. The number of nitrogens with one attached hydrogen (secondary N) is 3. The molecule has 0 spiro atoms. The van der Waals surface area contributed by atoms with Crippen molar-refractivity contribution in [2.75, 3.05) is 33.3 Å². The lowest BCUT2D eigenvalue weighted by molar-refractivity contribution is -0.422. The minimum Gasteiger partial charge on any atom is -0.508 e. The number of methoxy groups -OCH3 is 1. The molecular weight excluding hydrogens is 1780 g/mol. The van der Waals surface area contributed by atoms with Gasteiger partial charge in [-0.25, -0.2) is 27.2 Å². The second-order valence-corrected chi connectivity index (χ2v) is 38.3. The fourth-order valence-corrected chi connectivity index (χ4v) is 17.3. The number of carboxylic acid groups (broad SMARTS) is 1. The van der Waals surface area contributed by atoms with Crippen molar-refractivity contribution in [2.45, 2.75) is 220 Å². The number of H-pyrrole nitrogens is 1. The van der Waals surface area contributed by atoms with E-state index in [0.717, 1.165) is 139 Å². The summed E-state index contributed by atoms with van der Waals surface area (Å²) < 4.78 is 83.6. The molecule has 1 aromatic heterocycles. The smallest absolute Gasteiger partial charge is 0.330 e. The van der Waals surface area contributed by atoms with E-state index in [0.29, 0.717) is 87.3 Å². The summed E-state index contributed by atoms with van der Waals surface area (Å²) in [6.07, 6.45) is 11.8. The van der Waals surface area contributed by atoms with E-state index in [2.05, 4.69) is 155 Å². The van der Waals surface area contributed by atoms with Crippen molar-refractivity contribution in [3.8, 4) is 28.7 Å². The zero-order valence-corrected chi connectivity index (χ0v) is 85.2. The van der Waals surface area contributed by atoms with Crippen LogP contribution in [0.25, 0.3) is 29.1 Å². The van der Waals surface area contributed by atoms with Crippen LogP contribution in [-0.2, 0) is 71.0 Å². The van der Waals surface area contributed by atoms with Crippen molar-refractivity contribution in [1.82, 2.24) is 30.6 Å². The van der Waals surface area contributed by atoms with Crippen molar-refractivity contribution < 1.29 is 71.1 Å². The maximum absolute atomic E-state index is 15.3. The number of halogens is 4. The highest BCUT2D eigenvalue weighted by Gasteiger charge is 2.40. The number of hydrogen-bond donors (Lipinski definition) is 6. The Balaban J connectivity index is 0.000000192. The summed E-state index contributed by atoms with van der Waals surface area (Å²) in [4.78, 5) is 47.9. The number of esters is 1. The number of aromatic hydroxyl groups is 2. The third kappa shape index (κ3) is 33.2. The van der Waals surface area contributed by atoms with Crippen LogP contribution in [0.4, 0.5) is 17.6 Å². The molecule has 0 amide bonds. The predicted molar refractivity (Wildman–Crippen MR) is 558 cm³/mol. The van der Waals surface area contributed by atoms with Crippen molar-refractivity contribution in [3.63, 3.8) is 0 Å². The van der Waals surface area contributed by atoms with E-state index in [1.807, 2.05) is 168 Å². The molecule has 2 aliphatic rings. The summed E-state index contributed by atoms with van der Waals surface area (Å²) in [5.41, 5.74) is 17.9. The number of nitrogens with zero attached hydrogens (tertiary/aromatic N) is 4. The normalized spacial score (nSPS) is 15.0. The minimum atomic E-state index is -1.17. The molecule has 3 heterocycles. The van der Waals surface area contributed by atoms with E-state index in [-0.39, 0.29) is 51.6 Å². The van der Waals surface area contributed by atoms with Gasteiger partial charge in [0.05, 0.1) is 35.8 Å². The molecule has 12 aromatic rings. The average molecular weight is 1930 g/mol. The van der Waals surface area contributed by atoms with E-state index >= 15 is 17.6 Å². The summed E-state index contributed by atoms with van der Waals surface area (Å²) >= 11 is 0. The van der Waals surface area contributed by atoms with Crippen LogP contribution < -0.4 is 24.8 Å². The second-order valence-electron chi connectivity index (χ2n) is 38.3. The number of nitro groups is 1. The molecule has 141 heavy (non-hydrogen) atoms. The van der Waals surface area contributed by atoms with Crippen LogP contribution in [0, 0.1) is 91.7 Å². The first kappa shape index (κ1) is 111. The van der Waals surface area contributed by atoms with Crippen LogP contribution in [0.15, 0.2) is 236 Å². The highest BCUT2D eigenvalue weighted by Crippen LogP contribution is 2.46. The fourth-order valence-electron chi connectivity index (χ4n) is 17.3. The number of benzene rings is 11. The van der Waals surface area contributed by atoms with Crippen molar-refractivity contribution in [1.29, 1.82) is 0 Å². The molecule has 0 bridgehead atoms. The molecule has 2 aliphatic heterocycles. The maximum atomic E-state index is 15.3. The molecule has 0 saturated carbocycles. The van der Waals surface area contributed by atoms with Crippen molar-refractivity contribution >= 4 is 46.9 Å². The number of rotatable bonds is 33. The molecular formula is C118H141F4N7O12. The lowest BCUT2D eigenvalue weighted by Crippen LogP contribution is -2.45. The number of aromatic amines is 1. The molecule has 6 unspecified atom stereocenters. The molecule has 6 N–H and O–H groups in total. The quantitative estimate of drug-likeness (QED) is 0.00735. The van der Waals surface area contributed by atoms with Gasteiger partial charge in [0.1, 0.15) is 77.6 Å². The Hall–Kier alpha value is -13.3. The van der Waals surface area contributed by atoms with Crippen LogP contribution in [0.2, 0.25) is 0 Å². The number of ether oxygens (including phenoxy) is 4. The number of aromatic nitrogens is 2. The van der Waals surface area contributed by atoms with Gasteiger partial charge in [0.2, 0.25) is 5.70 Å². The summed E-state index contributed by atoms with van der Waals surface area (Å²) in [5.74, 6) is 0.815. The number of ketones is 1. The first-order valence-corrected chi connectivity index (χ1v) is 48.5. The van der Waals surface area contributed by atoms with Gasteiger partial charge in [0.25, 0.3) is 0 Å². The van der Waals surface area contributed by atoms with Crippen LogP contribution in [0.1, 0.15) is 220 Å². The number of carboxylic acids is 1. The molecule has 11 aromatic carbocycles. The first-order valence-electron chi connectivity index (χ1n) is 48.5. The lowest BCUT2D eigenvalue weighted by Gasteiger charge is -2.44. The van der Waals surface area contributed by atoms with Gasteiger partial charge in [0.15, 0.2) is 0 Å². The van der Waals surface area contributed by atoms with E-state index in [1.54, 1.807) is 37.4 Å². The Bertz CT molecular complexity index is 6170. The lowest BCUT2D eigenvalue weighted by atomic mass is 9.81. The average Bonchev–Trinajstić information content (AvgIpc) is 1.58. The summed E-state index contributed by atoms with van der Waals surface area (Å²) in [7, 11) is 1.24. The zero-order chi connectivity index (χ0) is 103. The molecule has 6 atom stereocenters. The number of Topliss-reactive ketones (excluding diaryl/α,β-unsaturated/α-hetero) is 1. The van der Waals surface area contributed by atoms with E-state index in [4.69, 9.17) is 19.3 Å². The van der Waals surface area contributed by atoms with Gasteiger partial charge < -0.3 is 44.9 Å². The summed E-state index contributed by atoms with van der Waals surface area (Å²) in [6, 6.07) is 65.6. The Kier molecular flexibility index (Phi) is 43.0. The monoisotopic (exact) mass is 1920 g/mol. The fraction of sp³-hybridized carbons (Fsp3) is 0.356. The summed E-state index contributed by atoms with van der Waals surface area (Å²) in [5, 5.41) is 54.5. The van der Waals surface area contributed by atoms with E-state index < -0.39 is 52.2 Å². The molecule has 23 heteroatoms. The first-order chi connectivity index (χ1) is 67.2. The van der Waals surface area contributed by atoms with E-state index in [9.17, 15) is 34.7 Å². The van der Waals surface area contributed by atoms with Crippen LogP contribution in [0.5, 0.6) is 28.7 Å². The van der Waals surface area contributed by atoms with Crippen molar-refractivity contribution in [2.24, 2.45) is 23.7 Å². The highest BCUT2D eigenvalue weighted by atomic mass is 19.1. The van der Waals surface area contributed by atoms with Gasteiger partial charge in [-0.1, -0.05) is 207 Å².